The monoisotopic (exact) mass is 586 g/mol. The molecule has 0 saturated carbocycles. The Kier molecular flexibility index (Phi) is 14.4. The molecule has 4 heteroatoms. The zero-order valence-corrected chi connectivity index (χ0v) is 27.3. The number of fused-ring (bicyclic) bond motifs is 1. The van der Waals surface area contributed by atoms with Crippen LogP contribution in [0.1, 0.15) is 49.9 Å². The molecule has 34 heavy (non-hydrogen) atoms. The number of hydrogen-bond donors (Lipinski definition) is 0. The topological polar surface area (TPSA) is 0 Å². The molecular formula is C30H38Cl2SiZr-2. The van der Waals surface area contributed by atoms with Crippen LogP contribution in [0, 0.1) is 39.7 Å². The maximum atomic E-state index is 3.36. The molecule has 1 unspecified atom stereocenters. The van der Waals surface area contributed by atoms with Crippen molar-refractivity contribution in [3.05, 3.63) is 87.5 Å². The first-order valence-electron chi connectivity index (χ1n) is 11.5. The van der Waals surface area contributed by atoms with E-state index in [1.807, 2.05) is 0 Å². The van der Waals surface area contributed by atoms with Crippen LogP contribution in [0.4, 0.5) is 0 Å². The fourth-order valence-electron chi connectivity index (χ4n) is 4.23. The first kappa shape index (κ1) is 33.2. The first-order chi connectivity index (χ1) is 15.0. The molecule has 0 nitrogen and oxygen atoms in total. The fraction of sp³-hybridized carbons (Fsp3) is 0.367. The normalized spacial score (nSPS) is 14.2. The van der Waals surface area contributed by atoms with Gasteiger partial charge in [-0.05, 0) is 44.4 Å². The molecule has 1 aliphatic rings. The van der Waals surface area contributed by atoms with E-state index in [1.54, 1.807) is 23.3 Å². The van der Waals surface area contributed by atoms with E-state index in [0.29, 0.717) is 5.92 Å². The van der Waals surface area contributed by atoms with Crippen molar-refractivity contribution < 1.29 is 48.1 Å². The van der Waals surface area contributed by atoms with E-state index in [2.05, 4.69) is 117 Å². The summed E-state index contributed by atoms with van der Waals surface area (Å²) in [7, 11) is 0. The number of aryl methyl sites for hydroxylation is 2. The smallest absolute Gasteiger partial charge is 0.0393 e. The van der Waals surface area contributed by atoms with Crippen molar-refractivity contribution >= 4 is 16.2 Å². The minimum atomic E-state index is 0. The summed E-state index contributed by atoms with van der Waals surface area (Å²) in [5, 5.41) is 2.69. The van der Waals surface area contributed by atoms with Crippen LogP contribution in [0.3, 0.4) is 0 Å². The van der Waals surface area contributed by atoms with Gasteiger partial charge in [-0.2, -0.15) is 11.1 Å². The Morgan fingerprint density at radius 1 is 0.882 bits per heavy atom. The van der Waals surface area contributed by atoms with Gasteiger partial charge in [0.1, 0.15) is 0 Å². The van der Waals surface area contributed by atoms with E-state index >= 15 is 0 Å². The Morgan fingerprint density at radius 3 is 1.91 bits per heavy atom. The number of allylic oxidation sites excluding steroid dienone is 4. The first-order valence-corrected chi connectivity index (χ1v) is 17.7. The third kappa shape index (κ3) is 8.12. The third-order valence-corrected chi connectivity index (χ3v) is 6.54. The molecule has 0 radical (unpaired) electrons. The molecule has 3 aromatic rings. The molecule has 0 fully saturated rings. The van der Waals surface area contributed by atoms with Crippen molar-refractivity contribution in [3.63, 3.8) is 0 Å². The summed E-state index contributed by atoms with van der Waals surface area (Å²) < 4.78 is 0. The van der Waals surface area contributed by atoms with E-state index < -0.39 is 0 Å². The molecule has 1 aliphatic carbocycles. The molecule has 0 aliphatic heterocycles. The molecule has 1 atom stereocenters. The van der Waals surface area contributed by atoms with Gasteiger partial charge in [-0.3, -0.25) is 6.08 Å². The summed E-state index contributed by atoms with van der Waals surface area (Å²) in [5.41, 5.74) is 12.8. The maximum absolute atomic E-state index is 3.36. The molecule has 3 aromatic carbocycles. The van der Waals surface area contributed by atoms with E-state index in [-0.39, 0.29) is 30.2 Å². The Balaban J connectivity index is 0.000000614. The van der Waals surface area contributed by atoms with Crippen LogP contribution in [0.2, 0.25) is 13.1 Å². The van der Waals surface area contributed by atoms with Crippen molar-refractivity contribution in [1.82, 2.24) is 0 Å². The van der Waals surface area contributed by atoms with E-state index in [1.165, 1.54) is 60.9 Å². The van der Waals surface area contributed by atoms with Crippen molar-refractivity contribution in [1.29, 1.82) is 0 Å². The average Bonchev–Trinajstić information content (AvgIpc) is 3.23. The standard InChI is InChI=1S/C19H19.C9H13.C2H6Si.2ClH.Zr/c1-12-11-13(2)19(15(4)14(12)3)18-10-9-16-7-5-6-8-17(16)18;1-6-5-7(2)9(4)8(6)3;1-3-2;;;/h5-11H,1-4H3;6H,1-4H3;1-2H3;2*1H;/q2*-1;;;;+2/p-2. The summed E-state index contributed by atoms with van der Waals surface area (Å²) >= 11 is 1.74. The van der Waals surface area contributed by atoms with Gasteiger partial charge in [0, 0.05) is 0 Å². The largest absolute Gasteiger partial charge is 1.00 e. The molecule has 4 rings (SSSR count). The second-order valence-electron chi connectivity index (χ2n) is 9.27. The Hall–Kier alpha value is -0.790. The maximum Gasteiger partial charge on any atom is -0.0393 e. The number of benzene rings is 2. The van der Waals surface area contributed by atoms with Crippen LogP contribution >= 0.6 is 0 Å². The summed E-state index contributed by atoms with van der Waals surface area (Å²) in [4.78, 5) is 0. The van der Waals surface area contributed by atoms with Crippen molar-refractivity contribution in [2.45, 2.75) is 68.5 Å². The van der Waals surface area contributed by atoms with Gasteiger partial charge in [-0.1, -0.05) is 49.9 Å². The molecule has 0 aromatic heterocycles. The molecule has 0 saturated heterocycles. The quantitative estimate of drug-likeness (QED) is 0.303. The Labute approximate surface area is 235 Å². The summed E-state index contributed by atoms with van der Waals surface area (Å²) in [5.74, 6) is 0.560. The van der Waals surface area contributed by atoms with Gasteiger partial charge in [0.2, 0.25) is 0 Å². The van der Waals surface area contributed by atoms with E-state index in [4.69, 9.17) is 0 Å². The summed E-state index contributed by atoms with van der Waals surface area (Å²) in [6.45, 7) is 22.2. The SMILES string of the molecule is CC1=[C-]C(C)C(C)=C1C.C[Si](C)=[Zr+2].Cc1cc(C)c(-c2c[cH-]c3ccccc23)c(C)c1C.[Cl-].[Cl-]. The number of rotatable bonds is 1. The second-order valence-corrected chi connectivity index (χ2v) is 18.6. The molecule has 0 heterocycles. The number of halogens is 2. The van der Waals surface area contributed by atoms with Crippen LogP contribution in [0.15, 0.2) is 59.2 Å². The van der Waals surface area contributed by atoms with Gasteiger partial charge in [-0.15, -0.1) is 53.6 Å². The van der Waals surface area contributed by atoms with E-state index in [0.717, 1.165) is 0 Å². The van der Waals surface area contributed by atoms with Crippen molar-refractivity contribution in [2.24, 2.45) is 5.92 Å². The minimum absolute atomic E-state index is 0. The summed E-state index contributed by atoms with van der Waals surface area (Å²) in [6.07, 6.45) is 3.36. The molecule has 0 amide bonds. The Bertz CT molecular complexity index is 1190. The van der Waals surface area contributed by atoms with Gasteiger partial charge < -0.3 is 24.8 Å². The number of hydrogen-bond acceptors (Lipinski definition) is 0. The fourth-order valence-corrected chi connectivity index (χ4v) is 4.23. The molecular weight excluding hydrogens is 551 g/mol. The minimum Gasteiger partial charge on any atom is -1.00 e. The molecule has 0 bridgehead atoms. The van der Waals surface area contributed by atoms with Crippen molar-refractivity contribution in [2.75, 3.05) is 0 Å². The summed E-state index contributed by atoms with van der Waals surface area (Å²) in [6, 6.07) is 15.4. The zero-order valence-electron chi connectivity index (χ0n) is 22.4. The molecule has 182 valence electrons. The third-order valence-electron chi connectivity index (χ3n) is 6.54. The van der Waals surface area contributed by atoms with Gasteiger partial charge in [0.05, 0.1) is 0 Å². The predicted octanol–water partition coefficient (Wildman–Crippen LogP) is 2.97. The van der Waals surface area contributed by atoms with Gasteiger partial charge in [-0.25, -0.2) is 5.57 Å². The van der Waals surface area contributed by atoms with Gasteiger partial charge in [0.15, 0.2) is 0 Å². The molecule has 0 spiro atoms. The van der Waals surface area contributed by atoms with Crippen LogP contribution in [0.25, 0.3) is 21.9 Å². The Morgan fingerprint density at radius 2 is 1.44 bits per heavy atom. The van der Waals surface area contributed by atoms with Crippen molar-refractivity contribution in [3.8, 4) is 11.1 Å². The van der Waals surface area contributed by atoms with Gasteiger partial charge >= 0.3 is 41.9 Å². The van der Waals surface area contributed by atoms with Crippen LogP contribution in [-0.2, 0) is 23.3 Å². The predicted molar refractivity (Wildman–Crippen MR) is 141 cm³/mol. The van der Waals surface area contributed by atoms with Crippen LogP contribution in [0.5, 0.6) is 0 Å². The zero-order chi connectivity index (χ0) is 24.2. The van der Waals surface area contributed by atoms with Gasteiger partial charge in [0.25, 0.3) is 0 Å². The van der Waals surface area contributed by atoms with Crippen LogP contribution in [-0.4, -0.2) is 5.43 Å². The van der Waals surface area contributed by atoms with Crippen LogP contribution < -0.4 is 24.8 Å². The van der Waals surface area contributed by atoms with E-state index in [9.17, 15) is 0 Å². The second kappa shape index (κ2) is 14.7. The molecule has 0 N–H and O–H groups in total. The average molecular weight is 589 g/mol.